The molecule has 0 spiro atoms. The molecule has 1 N–H and O–H groups in total. The van der Waals surface area contributed by atoms with Crippen molar-refractivity contribution < 1.29 is 23.5 Å². The van der Waals surface area contributed by atoms with E-state index >= 15 is 0 Å². The van der Waals surface area contributed by atoms with Crippen molar-refractivity contribution in [1.82, 2.24) is 19.6 Å². The minimum Gasteiger partial charge on any atom is -0.471 e. The van der Waals surface area contributed by atoms with Crippen molar-refractivity contribution >= 4 is 29.3 Å². The normalized spacial score (nSPS) is 10.7. The maximum Gasteiger partial charge on any atom is 0.343 e. The zero-order valence-electron chi connectivity index (χ0n) is 17.9. The number of para-hydroxylation sites is 1. The van der Waals surface area contributed by atoms with Crippen molar-refractivity contribution in [2.75, 3.05) is 11.9 Å². The van der Waals surface area contributed by atoms with Gasteiger partial charge in [0.15, 0.2) is 18.2 Å². The van der Waals surface area contributed by atoms with Crippen molar-refractivity contribution in [2.45, 2.75) is 13.7 Å². The third-order valence-electron chi connectivity index (χ3n) is 4.63. The Morgan fingerprint density at radius 2 is 1.94 bits per heavy atom. The van der Waals surface area contributed by atoms with Crippen LogP contribution in [0.25, 0.3) is 5.69 Å². The van der Waals surface area contributed by atoms with E-state index in [1.54, 1.807) is 25.3 Å². The van der Waals surface area contributed by atoms with E-state index in [1.807, 2.05) is 18.2 Å². The fourth-order valence-electron chi connectivity index (χ4n) is 3.03. The molecule has 0 aliphatic heterocycles. The second-order valence-corrected chi connectivity index (χ2v) is 7.33. The molecule has 0 saturated carbocycles. The third kappa shape index (κ3) is 5.07. The van der Waals surface area contributed by atoms with Crippen LogP contribution >= 0.6 is 11.6 Å². The summed E-state index contributed by atoms with van der Waals surface area (Å²) in [5.41, 5.74) is 0.830. The van der Waals surface area contributed by atoms with Crippen LogP contribution in [0.3, 0.4) is 0 Å². The van der Waals surface area contributed by atoms with E-state index in [0.717, 1.165) is 0 Å². The van der Waals surface area contributed by atoms with Crippen molar-refractivity contribution in [3.63, 3.8) is 0 Å². The molecule has 0 fully saturated rings. The van der Waals surface area contributed by atoms with E-state index in [2.05, 4.69) is 15.5 Å². The summed E-state index contributed by atoms with van der Waals surface area (Å²) in [5, 5.41) is 11.1. The molecule has 2 aromatic carbocycles. The summed E-state index contributed by atoms with van der Waals surface area (Å²) in [4.78, 5) is 25.3. The number of esters is 1. The molecule has 34 heavy (non-hydrogen) atoms. The highest BCUT2D eigenvalue weighted by Crippen LogP contribution is 2.23. The van der Waals surface area contributed by atoms with E-state index in [9.17, 15) is 14.0 Å². The first kappa shape index (κ1) is 23.0. The SMILES string of the molecule is CCOC(=O)c1cnn(-c2ccccc2)c1NC(=O)c1ccn(COc2ccc(F)c(Cl)c2)n1. The number of carbonyl (C=O) groups is 2. The molecule has 0 atom stereocenters. The van der Waals surface area contributed by atoms with Crippen molar-refractivity contribution in [3.8, 4) is 11.4 Å². The summed E-state index contributed by atoms with van der Waals surface area (Å²) in [5.74, 6) is -1.23. The average molecular weight is 484 g/mol. The molecule has 0 radical (unpaired) electrons. The highest BCUT2D eigenvalue weighted by molar-refractivity contribution is 6.30. The lowest BCUT2D eigenvalue weighted by Crippen LogP contribution is -2.19. The molecule has 2 heterocycles. The molecule has 2 aromatic heterocycles. The largest absolute Gasteiger partial charge is 0.471 e. The van der Waals surface area contributed by atoms with Crippen LogP contribution in [0, 0.1) is 5.82 Å². The first-order valence-electron chi connectivity index (χ1n) is 10.2. The van der Waals surface area contributed by atoms with Gasteiger partial charge in [-0.3, -0.25) is 4.79 Å². The monoisotopic (exact) mass is 483 g/mol. The Morgan fingerprint density at radius 1 is 1.15 bits per heavy atom. The van der Waals surface area contributed by atoms with Gasteiger partial charge < -0.3 is 14.8 Å². The van der Waals surface area contributed by atoms with Gasteiger partial charge in [0.05, 0.1) is 23.5 Å². The van der Waals surface area contributed by atoms with Gasteiger partial charge in [0.2, 0.25) is 0 Å². The Bertz CT molecular complexity index is 1320. The number of rotatable bonds is 8. The summed E-state index contributed by atoms with van der Waals surface area (Å²) in [6.07, 6.45) is 2.88. The van der Waals surface area contributed by atoms with E-state index in [0.29, 0.717) is 11.4 Å². The molecule has 0 aliphatic carbocycles. The minimum absolute atomic E-state index is 0.0364. The Kier molecular flexibility index (Phi) is 6.88. The maximum absolute atomic E-state index is 13.3. The van der Waals surface area contributed by atoms with E-state index in [-0.39, 0.29) is 35.4 Å². The smallest absolute Gasteiger partial charge is 0.343 e. The van der Waals surface area contributed by atoms with Crippen LogP contribution in [0.15, 0.2) is 67.0 Å². The Hall–Kier alpha value is -4.18. The van der Waals surface area contributed by atoms with Crippen LogP contribution in [0.5, 0.6) is 5.75 Å². The summed E-state index contributed by atoms with van der Waals surface area (Å²) >= 11 is 5.75. The van der Waals surface area contributed by atoms with Gasteiger partial charge in [-0.15, -0.1) is 0 Å². The molecule has 9 nitrogen and oxygen atoms in total. The van der Waals surface area contributed by atoms with Gasteiger partial charge in [0.25, 0.3) is 5.91 Å². The molecular formula is C23H19ClFN5O4. The number of carbonyl (C=O) groups excluding carboxylic acids is 2. The van der Waals surface area contributed by atoms with Gasteiger partial charge in [-0.05, 0) is 37.3 Å². The number of ether oxygens (including phenoxy) is 2. The molecule has 0 unspecified atom stereocenters. The first-order valence-corrected chi connectivity index (χ1v) is 10.6. The quantitative estimate of drug-likeness (QED) is 0.374. The third-order valence-corrected chi connectivity index (χ3v) is 4.91. The van der Waals surface area contributed by atoms with Crippen LogP contribution in [-0.4, -0.2) is 38.0 Å². The van der Waals surface area contributed by atoms with Gasteiger partial charge in [-0.2, -0.15) is 10.2 Å². The highest BCUT2D eigenvalue weighted by Gasteiger charge is 2.23. The Labute approximate surface area is 198 Å². The molecule has 1 amide bonds. The molecule has 174 valence electrons. The lowest BCUT2D eigenvalue weighted by Gasteiger charge is -2.10. The molecule has 4 rings (SSSR count). The fraction of sp³-hybridized carbons (Fsp3) is 0.130. The molecule has 0 aliphatic rings. The second kappa shape index (κ2) is 10.2. The van der Waals surface area contributed by atoms with E-state index in [4.69, 9.17) is 21.1 Å². The second-order valence-electron chi connectivity index (χ2n) is 6.92. The summed E-state index contributed by atoms with van der Waals surface area (Å²) < 4.78 is 26.7. The topological polar surface area (TPSA) is 100 Å². The number of nitrogens with one attached hydrogen (secondary N) is 1. The number of anilines is 1. The predicted octanol–water partition coefficient (Wildman–Crippen LogP) is 4.33. The number of amides is 1. The molecule has 0 bridgehead atoms. The van der Waals surface area contributed by atoms with E-state index in [1.165, 1.54) is 39.8 Å². The Morgan fingerprint density at radius 3 is 2.68 bits per heavy atom. The molecule has 4 aromatic rings. The molecule has 11 heteroatoms. The van der Waals surface area contributed by atoms with Crippen LogP contribution < -0.4 is 10.1 Å². The van der Waals surface area contributed by atoms with Crippen LogP contribution in [-0.2, 0) is 11.5 Å². The van der Waals surface area contributed by atoms with Crippen molar-refractivity contribution in [2.24, 2.45) is 0 Å². The van der Waals surface area contributed by atoms with Crippen molar-refractivity contribution in [1.29, 1.82) is 0 Å². The number of hydrogen-bond donors (Lipinski definition) is 1. The molecule has 0 saturated heterocycles. The van der Waals surface area contributed by atoms with Gasteiger partial charge in [0, 0.05) is 12.3 Å². The zero-order valence-corrected chi connectivity index (χ0v) is 18.7. The average Bonchev–Trinajstić information content (AvgIpc) is 3.48. The number of aromatic nitrogens is 4. The minimum atomic E-state index is -0.614. The highest BCUT2D eigenvalue weighted by atomic mass is 35.5. The van der Waals surface area contributed by atoms with Crippen molar-refractivity contribution in [3.05, 3.63) is 89.1 Å². The number of benzene rings is 2. The van der Waals surface area contributed by atoms with Gasteiger partial charge in [-0.25, -0.2) is 18.5 Å². The zero-order chi connectivity index (χ0) is 24.1. The lowest BCUT2D eigenvalue weighted by molar-refractivity contribution is 0.0527. The van der Waals surface area contributed by atoms with Crippen LogP contribution in [0.2, 0.25) is 5.02 Å². The first-order chi connectivity index (χ1) is 16.5. The fourth-order valence-corrected chi connectivity index (χ4v) is 3.20. The standard InChI is InChI=1S/C23H19ClFN5O4/c1-2-33-23(32)17-13-26-30(15-6-4-3-5-7-15)21(17)27-22(31)20-10-11-29(28-20)14-34-16-8-9-19(25)18(24)12-16/h3-13H,2,14H2,1H3,(H,27,31). The lowest BCUT2D eigenvalue weighted by atomic mass is 10.3. The van der Waals surface area contributed by atoms with Gasteiger partial charge in [0.1, 0.15) is 17.1 Å². The number of halogens is 2. The summed E-state index contributed by atoms with van der Waals surface area (Å²) in [7, 11) is 0. The van der Waals surface area contributed by atoms with Crippen LogP contribution in [0.1, 0.15) is 27.8 Å². The van der Waals surface area contributed by atoms with E-state index < -0.39 is 17.7 Å². The maximum atomic E-state index is 13.3. The summed E-state index contributed by atoms with van der Waals surface area (Å²) in [6, 6.07) is 14.5. The van der Waals surface area contributed by atoms with Gasteiger partial charge >= 0.3 is 5.97 Å². The summed E-state index contributed by atoms with van der Waals surface area (Å²) in [6.45, 7) is 1.82. The molecular weight excluding hydrogens is 465 g/mol. The van der Waals surface area contributed by atoms with Crippen LogP contribution in [0.4, 0.5) is 10.2 Å². The number of hydrogen-bond acceptors (Lipinski definition) is 6. The Balaban J connectivity index is 1.52. The van der Waals surface area contributed by atoms with Gasteiger partial charge in [-0.1, -0.05) is 29.8 Å². The number of nitrogens with zero attached hydrogens (tertiary/aromatic N) is 4. The predicted molar refractivity (Wildman–Crippen MR) is 122 cm³/mol.